The van der Waals surface area contributed by atoms with E-state index in [1.54, 1.807) is 29.2 Å². The second kappa shape index (κ2) is 8.51. The van der Waals surface area contributed by atoms with Crippen LogP contribution in [-0.2, 0) is 0 Å². The van der Waals surface area contributed by atoms with Gasteiger partial charge in [-0.05, 0) is 56.2 Å². The normalized spacial score (nSPS) is 18.7. The van der Waals surface area contributed by atoms with Crippen molar-refractivity contribution in [2.24, 2.45) is 5.92 Å². The quantitative estimate of drug-likeness (QED) is 0.502. The first-order valence-corrected chi connectivity index (χ1v) is 10.8. The van der Waals surface area contributed by atoms with Crippen molar-refractivity contribution < 1.29 is 9.90 Å². The average Bonchev–Trinajstić information content (AvgIpc) is 3.44. The minimum absolute atomic E-state index is 0.228. The molecule has 0 unspecified atom stereocenters. The van der Waals surface area contributed by atoms with E-state index in [0.29, 0.717) is 34.2 Å². The van der Waals surface area contributed by atoms with E-state index in [4.69, 9.17) is 5.10 Å². The van der Waals surface area contributed by atoms with Crippen molar-refractivity contribution in [3.8, 4) is 11.4 Å². The van der Waals surface area contributed by atoms with Crippen LogP contribution in [0, 0.1) is 12.8 Å². The number of aromatic nitrogens is 6. The Bertz CT molecular complexity index is 1240. The first-order chi connectivity index (χ1) is 15.6. The lowest BCUT2D eigenvalue weighted by Crippen LogP contribution is -2.20. The number of rotatable bonds is 5. The smallest absolute Gasteiger partial charge is 0.261 e. The van der Waals surface area contributed by atoms with Gasteiger partial charge in [0, 0.05) is 31.4 Å². The van der Waals surface area contributed by atoms with Crippen molar-refractivity contribution in [2.45, 2.75) is 38.6 Å². The van der Waals surface area contributed by atoms with Gasteiger partial charge in [-0.1, -0.05) is 6.07 Å². The highest BCUT2D eigenvalue weighted by molar-refractivity contribution is 6.09. The molecule has 0 spiro atoms. The molecule has 1 fully saturated rings. The fraction of sp³-hybridized carbons (Fsp3) is 0.348. The molecule has 9 nitrogen and oxygen atoms in total. The number of nitrogens with zero attached hydrogens (tertiary/aromatic N) is 6. The van der Waals surface area contributed by atoms with Crippen LogP contribution in [0.1, 0.15) is 47.6 Å². The molecule has 1 saturated carbocycles. The minimum atomic E-state index is -0.296. The topological polar surface area (TPSA) is 110 Å². The summed E-state index contributed by atoms with van der Waals surface area (Å²) in [4.78, 5) is 21.9. The largest absolute Gasteiger partial charge is 0.396 e. The molecule has 2 N–H and O–H groups in total. The summed E-state index contributed by atoms with van der Waals surface area (Å²) in [6.45, 7) is 2.22. The molecule has 9 heteroatoms. The zero-order valence-corrected chi connectivity index (χ0v) is 17.8. The summed E-state index contributed by atoms with van der Waals surface area (Å²) >= 11 is 0. The maximum atomic E-state index is 13.1. The van der Waals surface area contributed by atoms with Crippen LogP contribution in [0.15, 0.2) is 49.2 Å². The number of carbonyl (C=O) groups excluding carboxylic acids is 1. The Morgan fingerprint density at radius 3 is 2.78 bits per heavy atom. The number of aryl methyl sites for hydroxylation is 1. The molecule has 1 amide bonds. The van der Waals surface area contributed by atoms with Gasteiger partial charge in [0.2, 0.25) is 0 Å². The molecule has 164 valence electrons. The second-order valence-corrected chi connectivity index (χ2v) is 8.35. The molecule has 4 aromatic heterocycles. The standard InChI is InChI=1S/C23H25N7O2/c1-15-3-8-19(25-11-15)21-20(13-30(28-21)17-6-4-16(14-31)5-7-17)27-23(32)18-12-26-29-10-2-9-24-22(18)29/h2-3,8-13,16-17,31H,4-7,14H2,1H3,(H,27,32). The van der Waals surface area contributed by atoms with Crippen LogP contribution in [0.5, 0.6) is 0 Å². The van der Waals surface area contributed by atoms with Gasteiger partial charge in [-0.3, -0.25) is 14.5 Å². The fourth-order valence-electron chi connectivity index (χ4n) is 4.24. The van der Waals surface area contributed by atoms with Crippen LogP contribution in [0.3, 0.4) is 0 Å². The molecule has 0 aromatic carbocycles. The zero-order chi connectivity index (χ0) is 22.1. The summed E-state index contributed by atoms with van der Waals surface area (Å²) < 4.78 is 3.51. The maximum absolute atomic E-state index is 13.1. The van der Waals surface area contributed by atoms with Crippen molar-refractivity contribution >= 4 is 17.2 Å². The Hall–Kier alpha value is -3.59. The van der Waals surface area contributed by atoms with Gasteiger partial charge in [-0.25, -0.2) is 9.50 Å². The monoisotopic (exact) mass is 431 g/mol. The van der Waals surface area contributed by atoms with Crippen LogP contribution in [0.2, 0.25) is 0 Å². The number of aliphatic hydroxyl groups excluding tert-OH is 1. The van der Waals surface area contributed by atoms with E-state index in [2.05, 4.69) is 20.4 Å². The molecular formula is C23H25N7O2. The van der Waals surface area contributed by atoms with Gasteiger partial charge in [-0.15, -0.1) is 0 Å². The van der Waals surface area contributed by atoms with E-state index in [1.165, 1.54) is 6.20 Å². The van der Waals surface area contributed by atoms with Gasteiger partial charge in [0.05, 0.1) is 23.6 Å². The summed E-state index contributed by atoms with van der Waals surface area (Å²) in [6, 6.07) is 5.88. The summed E-state index contributed by atoms with van der Waals surface area (Å²) in [5.74, 6) is 0.0675. The van der Waals surface area contributed by atoms with Gasteiger partial charge in [0.15, 0.2) is 5.65 Å². The van der Waals surface area contributed by atoms with Crippen molar-refractivity contribution in [3.05, 3.63) is 60.3 Å². The lowest BCUT2D eigenvalue weighted by Gasteiger charge is -2.27. The fourth-order valence-corrected chi connectivity index (χ4v) is 4.24. The van der Waals surface area contributed by atoms with Gasteiger partial charge >= 0.3 is 0 Å². The molecule has 4 aromatic rings. The Morgan fingerprint density at radius 1 is 1.19 bits per heavy atom. The highest BCUT2D eigenvalue weighted by atomic mass is 16.3. The number of fused-ring (bicyclic) bond motifs is 1. The SMILES string of the molecule is Cc1ccc(-c2nn(C3CCC(CO)CC3)cc2NC(=O)c2cnn3cccnc23)nc1. The molecule has 1 aliphatic carbocycles. The van der Waals surface area contributed by atoms with E-state index in [-0.39, 0.29) is 18.6 Å². The summed E-state index contributed by atoms with van der Waals surface area (Å²) in [6.07, 6.45) is 12.4. The summed E-state index contributed by atoms with van der Waals surface area (Å²) in [5.41, 5.74) is 3.88. The van der Waals surface area contributed by atoms with Crippen LogP contribution in [0.25, 0.3) is 17.0 Å². The van der Waals surface area contributed by atoms with Crippen LogP contribution in [0.4, 0.5) is 5.69 Å². The molecule has 0 atom stereocenters. The molecular weight excluding hydrogens is 406 g/mol. The lowest BCUT2D eigenvalue weighted by atomic mass is 9.87. The van der Waals surface area contributed by atoms with E-state index >= 15 is 0 Å². The highest BCUT2D eigenvalue weighted by Crippen LogP contribution is 2.34. The molecule has 0 radical (unpaired) electrons. The first-order valence-electron chi connectivity index (χ1n) is 10.8. The number of carbonyl (C=O) groups is 1. The van der Waals surface area contributed by atoms with Gasteiger partial charge in [0.1, 0.15) is 11.3 Å². The van der Waals surface area contributed by atoms with E-state index in [1.807, 2.05) is 29.9 Å². The molecule has 1 aliphatic rings. The molecule has 5 rings (SSSR count). The van der Waals surface area contributed by atoms with Crippen LogP contribution in [-0.4, -0.2) is 47.0 Å². The second-order valence-electron chi connectivity index (χ2n) is 8.35. The van der Waals surface area contributed by atoms with Crippen LogP contribution < -0.4 is 5.32 Å². The van der Waals surface area contributed by atoms with Crippen molar-refractivity contribution in [1.82, 2.24) is 29.4 Å². The summed E-state index contributed by atoms with van der Waals surface area (Å²) in [5, 5.41) is 21.5. The number of hydrogen-bond acceptors (Lipinski definition) is 6. The van der Waals surface area contributed by atoms with Gasteiger partial charge in [0.25, 0.3) is 5.91 Å². The summed E-state index contributed by atoms with van der Waals surface area (Å²) in [7, 11) is 0. The number of hydrogen-bond donors (Lipinski definition) is 2. The van der Waals surface area contributed by atoms with E-state index in [0.717, 1.165) is 31.2 Å². The number of amides is 1. The average molecular weight is 432 g/mol. The van der Waals surface area contributed by atoms with Crippen molar-refractivity contribution in [3.63, 3.8) is 0 Å². The Morgan fingerprint density at radius 2 is 2.03 bits per heavy atom. The Labute approximate surface area is 185 Å². The minimum Gasteiger partial charge on any atom is -0.396 e. The number of pyridine rings is 1. The van der Waals surface area contributed by atoms with Crippen molar-refractivity contribution in [2.75, 3.05) is 11.9 Å². The molecule has 0 saturated heterocycles. The Kier molecular flexibility index (Phi) is 5.40. The molecule has 32 heavy (non-hydrogen) atoms. The first kappa shape index (κ1) is 20.3. The lowest BCUT2D eigenvalue weighted by molar-refractivity contribution is 0.102. The van der Waals surface area contributed by atoms with Crippen molar-refractivity contribution in [1.29, 1.82) is 0 Å². The van der Waals surface area contributed by atoms with Crippen LogP contribution >= 0.6 is 0 Å². The van der Waals surface area contributed by atoms with Gasteiger partial charge in [-0.2, -0.15) is 10.2 Å². The number of aliphatic hydroxyl groups is 1. The van der Waals surface area contributed by atoms with E-state index < -0.39 is 0 Å². The Balaban J connectivity index is 1.47. The molecule has 0 bridgehead atoms. The predicted octanol–water partition coefficient (Wildman–Crippen LogP) is 3.27. The maximum Gasteiger partial charge on any atom is 0.261 e. The third kappa shape index (κ3) is 3.87. The number of nitrogens with one attached hydrogen (secondary N) is 1. The molecule has 0 aliphatic heterocycles. The van der Waals surface area contributed by atoms with Gasteiger partial charge < -0.3 is 10.4 Å². The molecule has 4 heterocycles. The third-order valence-corrected chi connectivity index (χ3v) is 6.11. The number of anilines is 1. The predicted molar refractivity (Wildman–Crippen MR) is 119 cm³/mol. The zero-order valence-electron chi connectivity index (χ0n) is 17.8. The highest BCUT2D eigenvalue weighted by Gasteiger charge is 2.25. The third-order valence-electron chi connectivity index (χ3n) is 6.11. The van der Waals surface area contributed by atoms with E-state index in [9.17, 15) is 9.90 Å².